The molecular weight excluding hydrogens is 258 g/mol. The van der Waals surface area contributed by atoms with Crippen molar-refractivity contribution >= 4 is 22.6 Å². The molecule has 0 radical (unpaired) electrons. The fraction of sp³-hybridized carbons (Fsp3) is 0.211. The topological polar surface area (TPSA) is 26.0 Å². The van der Waals surface area contributed by atoms with Crippen LogP contribution in [0.2, 0.25) is 0 Å². The Labute approximate surface area is 124 Å². The van der Waals surface area contributed by atoms with E-state index in [2.05, 4.69) is 43.1 Å². The number of furan rings is 1. The molecule has 2 heteroatoms. The Morgan fingerprint density at radius 3 is 2.90 bits per heavy atom. The molecule has 104 valence electrons. The molecule has 1 aliphatic rings. The van der Waals surface area contributed by atoms with Crippen molar-refractivity contribution in [1.29, 1.82) is 0 Å². The van der Waals surface area contributed by atoms with E-state index in [0.29, 0.717) is 5.92 Å². The number of hydrogen-bond donors (Lipinski definition) is 0. The molecule has 21 heavy (non-hydrogen) atoms. The molecule has 4 rings (SSSR count). The summed E-state index contributed by atoms with van der Waals surface area (Å²) in [6.45, 7) is 4.35. The molecule has 1 aromatic carbocycles. The van der Waals surface area contributed by atoms with E-state index in [1.54, 1.807) is 0 Å². The fourth-order valence-electron chi connectivity index (χ4n) is 3.13. The summed E-state index contributed by atoms with van der Waals surface area (Å²) in [4.78, 5) is 4.55. The lowest BCUT2D eigenvalue weighted by Crippen LogP contribution is -2.09. The van der Waals surface area contributed by atoms with E-state index in [4.69, 9.17) is 4.42 Å². The molecular formula is C19H17NO. The lowest BCUT2D eigenvalue weighted by atomic mass is 9.85. The summed E-state index contributed by atoms with van der Waals surface area (Å²) in [5, 5.41) is 1.20. The number of pyridine rings is 1. The van der Waals surface area contributed by atoms with Crippen LogP contribution >= 0.6 is 0 Å². The van der Waals surface area contributed by atoms with E-state index in [-0.39, 0.29) is 0 Å². The average Bonchev–Trinajstić information content (AvgIpc) is 2.83. The molecule has 0 saturated carbocycles. The van der Waals surface area contributed by atoms with Gasteiger partial charge in [-0.3, -0.25) is 4.98 Å². The third-order valence-electron chi connectivity index (χ3n) is 4.24. The molecule has 2 nitrogen and oxygen atoms in total. The summed E-state index contributed by atoms with van der Waals surface area (Å²) in [7, 11) is 0. The summed E-state index contributed by atoms with van der Waals surface area (Å²) in [5.41, 5.74) is 5.83. The van der Waals surface area contributed by atoms with Crippen molar-refractivity contribution in [3.05, 3.63) is 65.2 Å². The van der Waals surface area contributed by atoms with Crippen LogP contribution in [0.15, 0.2) is 47.0 Å². The molecule has 1 atom stereocenters. The van der Waals surface area contributed by atoms with Gasteiger partial charge in [0.1, 0.15) is 11.3 Å². The van der Waals surface area contributed by atoms with Crippen molar-refractivity contribution in [3.63, 3.8) is 0 Å². The molecule has 0 N–H and O–H groups in total. The molecule has 0 fully saturated rings. The molecule has 0 amide bonds. The molecule has 2 heterocycles. The minimum Gasteiger partial charge on any atom is -0.460 e. The van der Waals surface area contributed by atoms with Gasteiger partial charge in [-0.1, -0.05) is 25.1 Å². The Hall–Kier alpha value is -2.35. The SMILES string of the molecule is Cc1ccnc(C2=Cc3c(oc4ccccc34)C[C@H]2C)c1. The zero-order valence-electron chi connectivity index (χ0n) is 12.3. The first-order valence-corrected chi connectivity index (χ1v) is 7.37. The van der Waals surface area contributed by atoms with Crippen molar-refractivity contribution in [2.24, 2.45) is 5.92 Å². The number of rotatable bonds is 1. The van der Waals surface area contributed by atoms with E-state index < -0.39 is 0 Å². The van der Waals surface area contributed by atoms with Gasteiger partial charge in [0.05, 0.1) is 5.69 Å². The van der Waals surface area contributed by atoms with Crippen molar-refractivity contribution in [1.82, 2.24) is 4.98 Å². The largest absolute Gasteiger partial charge is 0.460 e. The second-order valence-corrected chi connectivity index (χ2v) is 5.86. The number of nitrogens with zero attached hydrogens (tertiary/aromatic N) is 1. The first-order valence-electron chi connectivity index (χ1n) is 7.37. The summed E-state index contributed by atoms with van der Waals surface area (Å²) >= 11 is 0. The monoisotopic (exact) mass is 275 g/mol. The maximum atomic E-state index is 6.00. The summed E-state index contributed by atoms with van der Waals surface area (Å²) < 4.78 is 6.00. The van der Waals surface area contributed by atoms with Gasteiger partial charge in [0.15, 0.2) is 0 Å². The van der Waals surface area contributed by atoms with Crippen LogP contribution < -0.4 is 0 Å². The van der Waals surface area contributed by atoms with E-state index in [9.17, 15) is 0 Å². The number of benzene rings is 1. The maximum absolute atomic E-state index is 6.00. The third-order valence-corrected chi connectivity index (χ3v) is 4.24. The standard InChI is InChI=1S/C19H17NO/c1-12-7-8-20-17(9-12)15-11-16-14-5-3-4-6-18(14)21-19(16)10-13(15)2/h3-9,11,13H,10H2,1-2H3/t13-/m1/s1. The number of allylic oxidation sites excluding steroid dienone is 1. The molecule has 3 aromatic rings. The van der Waals surface area contributed by atoms with Gasteiger partial charge in [-0.15, -0.1) is 0 Å². The summed E-state index contributed by atoms with van der Waals surface area (Å²) in [5.74, 6) is 1.52. The van der Waals surface area contributed by atoms with Gasteiger partial charge in [-0.05, 0) is 48.3 Å². The Morgan fingerprint density at radius 1 is 1.19 bits per heavy atom. The van der Waals surface area contributed by atoms with Crippen LogP contribution in [-0.2, 0) is 6.42 Å². The first-order chi connectivity index (χ1) is 10.2. The normalized spacial score (nSPS) is 17.6. The zero-order chi connectivity index (χ0) is 14.4. The number of para-hydroxylation sites is 1. The van der Waals surface area contributed by atoms with Gasteiger partial charge in [0, 0.05) is 23.6 Å². The highest BCUT2D eigenvalue weighted by Crippen LogP contribution is 2.38. The van der Waals surface area contributed by atoms with Crippen LogP contribution in [0.1, 0.15) is 29.5 Å². The molecule has 0 bridgehead atoms. The predicted octanol–water partition coefficient (Wildman–Crippen LogP) is 4.87. The summed E-state index contributed by atoms with van der Waals surface area (Å²) in [6.07, 6.45) is 5.09. The molecule has 0 saturated heterocycles. The van der Waals surface area contributed by atoms with Gasteiger partial charge in [0.2, 0.25) is 0 Å². The molecule has 0 spiro atoms. The first kappa shape index (κ1) is 12.4. The Morgan fingerprint density at radius 2 is 2.05 bits per heavy atom. The quantitative estimate of drug-likeness (QED) is 0.633. The van der Waals surface area contributed by atoms with Crippen LogP contribution in [0, 0.1) is 12.8 Å². The summed E-state index contributed by atoms with van der Waals surface area (Å²) in [6, 6.07) is 12.5. The van der Waals surface area contributed by atoms with Gasteiger partial charge < -0.3 is 4.42 Å². The number of aromatic nitrogens is 1. The van der Waals surface area contributed by atoms with Crippen LogP contribution in [0.3, 0.4) is 0 Å². The zero-order valence-corrected chi connectivity index (χ0v) is 12.3. The smallest absolute Gasteiger partial charge is 0.134 e. The van der Waals surface area contributed by atoms with Gasteiger partial charge >= 0.3 is 0 Å². The van der Waals surface area contributed by atoms with Crippen LogP contribution in [0.25, 0.3) is 22.6 Å². The Kier molecular flexibility index (Phi) is 2.71. The van der Waals surface area contributed by atoms with E-state index in [0.717, 1.165) is 23.5 Å². The highest BCUT2D eigenvalue weighted by atomic mass is 16.3. The van der Waals surface area contributed by atoms with Crippen molar-refractivity contribution in [2.75, 3.05) is 0 Å². The van der Waals surface area contributed by atoms with Crippen molar-refractivity contribution in [2.45, 2.75) is 20.3 Å². The highest BCUT2D eigenvalue weighted by molar-refractivity contribution is 5.96. The average molecular weight is 275 g/mol. The van der Waals surface area contributed by atoms with E-state index >= 15 is 0 Å². The van der Waals surface area contributed by atoms with Gasteiger partial charge in [-0.2, -0.15) is 0 Å². The second kappa shape index (κ2) is 4.59. The Bertz CT molecular complexity index is 857. The predicted molar refractivity (Wildman–Crippen MR) is 85.9 cm³/mol. The Balaban J connectivity index is 1.92. The molecule has 0 unspecified atom stereocenters. The maximum Gasteiger partial charge on any atom is 0.134 e. The van der Waals surface area contributed by atoms with Crippen molar-refractivity contribution < 1.29 is 4.42 Å². The van der Waals surface area contributed by atoms with Crippen LogP contribution in [0.4, 0.5) is 0 Å². The number of fused-ring (bicyclic) bond motifs is 3. The van der Waals surface area contributed by atoms with Crippen LogP contribution in [0.5, 0.6) is 0 Å². The van der Waals surface area contributed by atoms with Gasteiger partial charge in [-0.25, -0.2) is 0 Å². The third kappa shape index (κ3) is 1.99. The second-order valence-electron chi connectivity index (χ2n) is 5.86. The van der Waals surface area contributed by atoms with Crippen LogP contribution in [-0.4, -0.2) is 4.98 Å². The fourth-order valence-corrected chi connectivity index (χ4v) is 3.13. The number of aryl methyl sites for hydroxylation is 1. The lowest BCUT2D eigenvalue weighted by Gasteiger charge is -2.20. The molecule has 0 aliphatic heterocycles. The lowest BCUT2D eigenvalue weighted by molar-refractivity contribution is 0.517. The van der Waals surface area contributed by atoms with Crippen molar-refractivity contribution in [3.8, 4) is 0 Å². The minimum atomic E-state index is 0.423. The van der Waals surface area contributed by atoms with E-state index in [1.165, 1.54) is 22.1 Å². The van der Waals surface area contributed by atoms with Gasteiger partial charge in [0.25, 0.3) is 0 Å². The molecule has 2 aromatic heterocycles. The van der Waals surface area contributed by atoms with E-state index in [1.807, 2.05) is 24.4 Å². The minimum absolute atomic E-state index is 0.423. The number of hydrogen-bond acceptors (Lipinski definition) is 2. The highest BCUT2D eigenvalue weighted by Gasteiger charge is 2.24. The molecule has 1 aliphatic carbocycles.